The molecule has 1 aromatic carbocycles. The van der Waals surface area contributed by atoms with Gasteiger partial charge in [0, 0.05) is 5.56 Å². The van der Waals surface area contributed by atoms with Crippen molar-refractivity contribution in [2.45, 2.75) is 43.8 Å². The lowest BCUT2D eigenvalue weighted by molar-refractivity contribution is -0.165. The Morgan fingerprint density at radius 3 is 2.32 bits per heavy atom. The van der Waals surface area contributed by atoms with Crippen LogP contribution in [0.3, 0.4) is 0 Å². The molecule has 1 atom stereocenters. The first-order valence-corrected chi connectivity index (χ1v) is 6.24. The maximum Gasteiger partial charge on any atom is 0.413 e. The monoisotopic (exact) mass is 271 g/mol. The van der Waals surface area contributed by atoms with E-state index in [-0.39, 0.29) is 11.5 Å². The number of carbonyl (C=O) groups is 1. The summed E-state index contributed by atoms with van der Waals surface area (Å²) in [4.78, 5) is 12.1. The molecule has 0 amide bonds. The molecular weight excluding hydrogens is 255 g/mol. The molecule has 5 heteroatoms. The number of hydrogen-bond donors (Lipinski definition) is 1. The topological polar surface area (TPSA) is 43.1 Å². The molecule has 2 nitrogen and oxygen atoms in total. The number of benzene rings is 1. The van der Waals surface area contributed by atoms with Gasteiger partial charge in [0.15, 0.2) is 11.3 Å². The predicted octanol–water partition coefficient (Wildman–Crippen LogP) is 3.42. The lowest BCUT2D eigenvalue weighted by Crippen LogP contribution is -2.57. The molecule has 0 bridgehead atoms. The highest BCUT2D eigenvalue weighted by Crippen LogP contribution is 2.40. The van der Waals surface area contributed by atoms with E-state index in [4.69, 9.17) is 5.73 Å². The minimum Gasteiger partial charge on any atom is -0.311 e. The van der Waals surface area contributed by atoms with Gasteiger partial charge in [-0.25, -0.2) is 0 Å². The van der Waals surface area contributed by atoms with E-state index in [1.807, 2.05) is 0 Å². The van der Waals surface area contributed by atoms with E-state index in [1.54, 1.807) is 18.2 Å². The zero-order valence-corrected chi connectivity index (χ0v) is 10.6. The van der Waals surface area contributed by atoms with Gasteiger partial charge in [0.25, 0.3) is 0 Å². The van der Waals surface area contributed by atoms with E-state index in [1.165, 1.54) is 6.07 Å². The van der Waals surface area contributed by atoms with Gasteiger partial charge in [0.1, 0.15) is 0 Å². The molecule has 1 aromatic rings. The highest BCUT2D eigenvalue weighted by Gasteiger charge is 2.54. The molecule has 2 N–H and O–H groups in total. The number of Topliss-reactive ketones (excluding diaryl/α,β-unsaturated/α-hetero) is 1. The van der Waals surface area contributed by atoms with Gasteiger partial charge >= 0.3 is 6.18 Å². The van der Waals surface area contributed by atoms with Crippen LogP contribution in [0.1, 0.15) is 48.0 Å². The molecule has 0 saturated heterocycles. The Morgan fingerprint density at radius 2 is 1.84 bits per heavy atom. The minimum atomic E-state index is -4.75. The van der Waals surface area contributed by atoms with Crippen molar-refractivity contribution in [1.29, 1.82) is 0 Å². The van der Waals surface area contributed by atoms with Crippen molar-refractivity contribution in [3.8, 4) is 0 Å². The molecule has 0 radical (unpaired) electrons. The van der Waals surface area contributed by atoms with E-state index in [9.17, 15) is 18.0 Å². The van der Waals surface area contributed by atoms with Crippen molar-refractivity contribution in [1.82, 2.24) is 0 Å². The van der Waals surface area contributed by atoms with Crippen molar-refractivity contribution in [3.63, 3.8) is 0 Å². The Balaban J connectivity index is 2.39. The van der Waals surface area contributed by atoms with Crippen LogP contribution in [-0.4, -0.2) is 17.5 Å². The maximum absolute atomic E-state index is 12.9. The van der Waals surface area contributed by atoms with E-state index in [0.29, 0.717) is 5.56 Å². The van der Waals surface area contributed by atoms with Gasteiger partial charge in [-0.15, -0.1) is 0 Å². The molecule has 1 aliphatic rings. The van der Waals surface area contributed by atoms with Crippen LogP contribution >= 0.6 is 0 Å². The number of rotatable bonds is 3. The highest BCUT2D eigenvalue weighted by atomic mass is 19.4. The first kappa shape index (κ1) is 14.1. The first-order chi connectivity index (χ1) is 8.75. The molecule has 0 aliphatic heterocycles. The van der Waals surface area contributed by atoms with Crippen molar-refractivity contribution in [2.75, 3.05) is 0 Å². The molecule has 1 fully saturated rings. The molecule has 0 spiro atoms. The number of nitrogens with two attached hydrogens (primary N) is 1. The summed E-state index contributed by atoms with van der Waals surface area (Å²) in [5, 5.41) is 0. The molecule has 104 valence electrons. The summed E-state index contributed by atoms with van der Waals surface area (Å²) in [5.74, 6) is -0.869. The third kappa shape index (κ3) is 2.39. The summed E-state index contributed by atoms with van der Waals surface area (Å²) in [6, 6.07) is 6.48. The lowest BCUT2D eigenvalue weighted by atomic mass is 9.76. The average Bonchev–Trinajstić information content (AvgIpc) is 2.25. The number of hydrogen-bond acceptors (Lipinski definition) is 2. The van der Waals surface area contributed by atoms with Gasteiger partial charge < -0.3 is 5.73 Å². The third-order valence-electron chi connectivity index (χ3n) is 3.81. The van der Waals surface area contributed by atoms with Gasteiger partial charge in [0.2, 0.25) is 0 Å². The molecule has 1 saturated carbocycles. The van der Waals surface area contributed by atoms with Crippen molar-refractivity contribution >= 4 is 5.78 Å². The van der Waals surface area contributed by atoms with Crippen molar-refractivity contribution in [2.24, 2.45) is 5.73 Å². The number of alkyl halides is 3. The Hall–Kier alpha value is -1.36. The van der Waals surface area contributed by atoms with Gasteiger partial charge in [-0.2, -0.15) is 13.2 Å². The van der Waals surface area contributed by atoms with E-state index in [0.717, 1.165) is 26.2 Å². The molecule has 0 aromatic heterocycles. The third-order valence-corrected chi connectivity index (χ3v) is 3.81. The second-order valence-electron chi connectivity index (χ2n) is 5.24. The van der Waals surface area contributed by atoms with Gasteiger partial charge in [-0.1, -0.05) is 30.7 Å². The van der Waals surface area contributed by atoms with Crippen LogP contribution in [0.5, 0.6) is 0 Å². The smallest absolute Gasteiger partial charge is 0.311 e. The lowest BCUT2D eigenvalue weighted by Gasteiger charge is -2.31. The van der Waals surface area contributed by atoms with E-state index < -0.39 is 17.5 Å². The first-order valence-electron chi connectivity index (χ1n) is 6.24. The highest BCUT2D eigenvalue weighted by molar-refractivity contribution is 6.04. The van der Waals surface area contributed by atoms with E-state index in [2.05, 4.69) is 0 Å². The second-order valence-corrected chi connectivity index (χ2v) is 5.24. The molecule has 1 aliphatic carbocycles. The molecular formula is C14H16F3NO. The van der Waals surface area contributed by atoms with Gasteiger partial charge in [-0.3, -0.25) is 4.79 Å². The SMILES string of the molecule is CC(N)(C(=O)c1ccccc1C1CCC1)C(F)(F)F. The van der Waals surface area contributed by atoms with Crippen LogP contribution < -0.4 is 5.73 Å². The molecule has 1 unspecified atom stereocenters. The quantitative estimate of drug-likeness (QED) is 0.856. The zero-order valence-electron chi connectivity index (χ0n) is 10.6. The van der Waals surface area contributed by atoms with Crippen LogP contribution in [0.25, 0.3) is 0 Å². The van der Waals surface area contributed by atoms with Crippen LogP contribution in [0.15, 0.2) is 24.3 Å². The Bertz CT molecular complexity index is 490. The minimum absolute atomic E-state index is 0.106. The summed E-state index contributed by atoms with van der Waals surface area (Å²) in [7, 11) is 0. The standard InChI is InChI=1S/C14H16F3NO/c1-13(18,14(15,16)17)12(19)11-8-3-2-7-10(11)9-5-4-6-9/h2-3,7-9H,4-6,18H2,1H3. The number of ketones is 1. The zero-order chi connectivity index (χ0) is 14.3. The van der Waals surface area contributed by atoms with Crippen LogP contribution in [-0.2, 0) is 0 Å². The van der Waals surface area contributed by atoms with Gasteiger partial charge in [0.05, 0.1) is 0 Å². The average molecular weight is 271 g/mol. The summed E-state index contributed by atoms with van der Waals surface area (Å²) in [5.41, 5.74) is 3.18. The molecule has 0 heterocycles. The Kier molecular flexibility index (Phi) is 3.43. The predicted molar refractivity (Wildman–Crippen MR) is 66.0 cm³/mol. The van der Waals surface area contributed by atoms with Gasteiger partial charge in [-0.05, 0) is 31.2 Å². The number of halogens is 3. The summed E-state index contributed by atoms with van der Waals surface area (Å²) >= 11 is 0. The summed E-state index contributed by atoms with van der Waals surface area (Å²) < 4.78 is 38.6. The largest absolute Gasteiger partial charge is 0.413 e. The van der Waals surface area contributed by atoms with E-state index >= 15 is 0 Å². The second kappa shape index (κ2) is 4.63. The maximum atomic E-state index is 12.9. The van der Waals surface area contributed by atoms with Crippen LogP contribution in [0, 0.1) is 0 Å². The Morgan fingerprint density at radius 1 is 1.26 bits per heavy atom. The van der Waals surface area contributed by atoms with Crippen LogP contribution in [0.4, 0.5) is 13.2 Å². The number of carbonyl (C=O) groups excluding carboxylic acids is 1. The Labute approximate surface area is 109 Å². The molecule has 19 heavy (non-hydrogen) atoms. The summed E-state index contributed by atoms with van der Waals surface area (Å²) in [6.45, 7) is 0.729. The fraction of sp³-hybridized carbons (Fsp3) is 0.500. The molecule has 2 rings (SSSR count). The summed E-state index contributed by atoms with van der Waals surface area (Å²) in [6.07, 6.45) is -1.88. The fourth-order valence-electron chi connectivity index (χ4n) is 2.19. The normalized spacial score (nSPS) is 19.6. The van der Waals surface area contributed by atoms with Crippen molar-refractivity contribution < 1.29 is 18.0 Å². The fourth-order valence-corrected chi connectivity index (χ4v) is 2.19. The van der Waals surface area contributed by atoms with Crippen molar-refractivity contribution in [3.05, 3.63) is 35.4 Å². The van der Waals surface area contributed by atoms with Crippen LogP contribution in [0.2, 0.25) is 0 Å².